The van der Waals surface area contributed by atoms with Gasteiger partial charge in [0.2, 0.25) is 0 Å². The Labute approximate surface area is 163 Å². The Morgan fingerprint density at radius 3 is 1.19 bits per heavy atom. The monoisotopic (exact) mass is 378 g/mol. The smallest absolute Gasteiger partial charge is 0.102 e. The second-order valence-corrected chi connectivity index (χ2v) is 9.54. The second kappa shape index (κ2) is 9.94. The van der Waals surface area contributed by atoms with Crippen LogP contribution in [0.25, 0.3) is 0 Å². The third kappa shape index (κ3) is 7.29. The molecule has 0 saturated carbocycles. The Morgan fingerprint density at radius 1 is 0.704 bits per heavy atom. The first-order valence-corrected chi connectivity index (χ1v) is 10.4. The van der Waals surface area contributed by atoms with Gasteiger partial charge in [0.1, 0.15) is 15.9 Å². The minimum atomic E-state index is -0.877. The molecule has 3 aromatic carbocycles. The lowest BCUT2D eigenvalue weighted by Crippen LogP contribution is -2.22. The molecule has 0 bridgehead atoms. The van der Waals surface area contributed by atoms with Crippen molar-refractivity contribution in [1.82, 2.24) is 0 Å². The lowest BCUT2D eigenvalue weighted by atomic mass is 10.2. The van der Waals surface area contributed by atoms with Gasteiger partial charge in [-0.1, -0.05) is 81.9 Å². The molecule has 3 aromatic rings. The summed E-state index contributed by atoms with van der Waals surface area (Å²) >= 11 is 0. The Morgan fingerprint density at radius 2 is 1.00 bits per heavy atom. The van der Waals surface area contributed by atoms with Crippen molar-refractivity contribution in [2.75, 3.05) is 0 Å². The normalized spacial score (nSPS) is 10.7. The fourth-order valence-corrected chi connectivity index (χ4v) is 5.23. The third-order valence-electron chi connectivity index (χ3n) is 3.61. The molecule has 0 radical (unpaired) electrons. The first kappa shape index (κ1) is 20.7. The van der Waals surface area contributed by atoms with Crippen molar-refractivity contribution in [1.29, 1.82) is 0 Å². The highest BCUT2D eigenvalue weighted by Crippen LogP contribution is 2.32. The maximum Gasteiger partial charge on any atom is 0.102 e. The van der Waals surface area contributed by atoms with E-state index in [4.69, 9.17) is 0 Å². The van der Waals surface area contributed by atoms with E-state index < -0.39 is 19.5 Å². The molecular weight excluding hydrogens is 351 g/mol. The summed E-state index contributed by atoms with van der Waals surface area (Å²) in [5, 5.41) is 14.4. The molecule has 0 aromatic heterocycles. The van der Waals surface area contributed by atoms with Crippen molar-refractivity contribution >= 4 is 23.8 Å². The van der Waals surface area contributed by atoms with E-state index in [9.17, 15) is 5.11 Å². The number of hydrogen-bond acceptors (Lipinski definition) is 2. The van der Waals surface area contributed by atoms with Crippen LogP contribution in [0.5, 0.6) is 0 Å². The van der Waals surface area contributed by atoms with Crippen LogP contribution in [0.15, 0.2) is 104 Å². The van der Waals surface area contributed by atoms with Crippen LogP contribution in [0, 0.1) is 0 Å². The van der Waals surface area contributed by atoms with Gasteiger partial charge in [0, 0.05) is 11.5 Å². The van der Waals surface area contributed by atoms with Gasteiger partial charge in [-0.25, -0.2) is 0 Å². The summed E-state index contributed by atoms with van der Waals surface area (Å²) in [5.74, 6) is -0.475. The number of rotatable bonds is 4. The average Bonchev–Trinajstić information content (AvgIpc) is 2.63. The molecule has 0 N–H and O–H groups in total. The largest absolute Gasteiger partial charge is 0.608 e. The number of hydrogen-bond donors (Lipinski definition) is 0. The predicted octanol–water partition coefficient (Wildman–Crippen LogP) is 3.81. The first-order chi connectivity index (χ1) is 12.9. The Kier molecular flexibility index (Phi) is 7.64. The van der Waals surface area contributed by atoms with Gasteiger partial charge in [-0.3, -0.25) is 0 Å². The van der Waals surface area contributed by atoms with E-state index in [1.165, 1.54) is 15.9 Å². The summed E-state index contributed by atoms with van der Waals surface area (Å²) in [5.41, 5.74) is -0.390. The molecule has 0 heterocycles. The van der Waals surface area contributed by atoms with E-state index in [-0.39, 0.29) is 0 Å². The number of ether oxygens (including phenoxy) is 1. The van der Waals surface area contributed by atoms with E-state index in [0.29, 0.717) is 0 Å². The fourth-order valence-electron chi connectivity index (χ4n) is 2.66. The van der Waals surface area contributed by atoms with Crippen LogP contribution in [0.1, 0.15) is 20.8 Å². The van der Waals surface area contributed by atoms with E-state index >= 15 is 0 Å². The maximum atomic E-state index is 10.1. The van der Waals surface area contributed by atoms with Gasteiger partial charge in [-0.2, -0.15) is 0 Å². The summed E-state index contributed by atoms with van der Waals surface area (Å²) in [6.07, 6.45) is 0. The Bertz CT molecular complexity index is 715. The van der Waals surface area contributed by atoms with Crippen LogP contribution >= 0.6 is 7.92 Å². The van der Waals surface area contributed by atoms with Crippen LogP contribution in [-0.4, -0.2) is 5.60 Å². The van der Waals surface area contributed by atoms with Crippen LogP contribution in [-0.2, 0) is 4.74 Å². The zero-order valence-electron chi connectivity index (χ0n) is 16.2. The third-order valence-corrected chi connectivity index (χ3v) is 6.34. The molecule has 0 fully saturated rings. The molecule has 0 amide bonds. The number of benzene rings is 3. The van der Waals surface area contributed by atoms with Gasteiger partial charge in [0.05, 0.1) is 7.92 Å². The van der Waals surface area contributed by atoms with Gasteiger partial charge in [-0.05, 0) is 36.4 Å². The van der Waals surface area contributed by atoms with Gasteiger partial charge in [0.25, 0.3) is 0 Å². The minimum Gasteiger partial charge on any atom is -0.608 e. The van der Waals surface area contributed by atoms with Crippen LogP contribution in [0.2, 0.25) is 0 Å². The van der Waals surface area contributed by atoms with Crippen LogP contribution in [0.4, 0.5) is 0 Å². The highest BCUT2D eigenvalue weighted by atomic mass is 31.1. The quantitative estimate of drug-likeness (QED) is 0.511. The molecule has 27 heavy (non-hydrogen) atoms. The summed E-state index contributed by atoms with van der Waals surface area (Å²) in [6.45, 7) is 8.47. The van der Waals surface area contributed by atoms with E-state index in [1.807, 2.05) is 0 Å². The molecule has 0 unspecified atom stereocenters. The second-order valence-electron chi connectivity index (χ2n) is 7.06. The SMILES string of the molecule is C=C([O-])OC(C)(C)C.c1ccc([PH+](c2ccccc2)c2ccccc2)cc1. The summed E-state index contributed by atoms with van der Waals surface area (Å²) in [4.78, 5) is 0. The topological polar surface area (TPSA) is 32.3 Å². The lowest BCUT2D eigenvalue weighted by molar-refractivity contribution is -0.367. The van der Waals surface area contributed by atoms with Gasteiger partial charge < -0.3 is 9.84 Å². The molecule has 0 aliphatic carbocycles. The molecular formula is C24H27O2P. The van der Waals surface area contributed by atoms with E-state index in [2.05, 4.69) is 102 Å². The Balaban J connectivity index is 0.000000279. The van der Waals surface area contributed by atoms with E-state index in [0.717, 1.165) is 0 Å². The van der Waals surface area contributed by atoms with Crippen molar-refractivity contribution in [2.24, 2.45) is 0 Å². The molecule has 3 heteroatoms. The van der Waals surface area contributed by atoms with Gasteiger partial charge >= 0.3 is 0 Å². The van der Waals surface area contributed by atoms with Crippen LogP contribution in [0.3, 0.4) is 0 Å². The first-order valence-electron chi connectivity index (χ1n) is 8.95. The van der Waals surface area contributed by atoms with E-state index in [1.54, 1.807) is 20.8 Å². The fraction of sp³-hybridized carbons (Fsp3) is 0.167. The average molecular weight is 378 g/mol. The minimum absolute atomic E-state index is 0.390. The summed E-state index contributed by atoms with van der Waals surface area (Å²) in [7, 11) is -0.877. The maximum absolute atomic E-state index is 10.1. The molecule has 0 aliphatic heterocycles. The van der Waals surface area contributed by atoms with Gasteiger partial charge in [0.15, 0.2) is 0 Å². The zero-order chi connectivity index (χ0) is 19.7. The van der Waals surface area contributed by atoms with Gasteiger partial charge in [-0.15, -0.1) is 0 Å². The molecule has 3 rings (SSSR count). The zero-order valence-corrected chi connectivity index (χ0v) is 17.2. The highest BCUT2D eigenvalue weighted by Gasteiger charge is 2.24. The van der Waals surface area contributed by atoms with Crippen molar-refractivity contribution in [3.8, 4) is 0 Å². The molecule has 140 valence electrons. The predicted molar refractivity (Wildman–Crippen MR) is 117 cm³/mol. The molecule has 0 atom stereocenters. The lowest BCUT2D eigenvalue weighted by Gasteiger charge is -2.29. The molecule has 0 aliphatic rings. The molecule has 2 nitrogen and oxygen atoms in total. The Hall–Kier alpha value is -2.57. The standard InChI is InChI=1S/C18H15P.C6H12O2/c1-4-10-16(11-5-1)19(17-12-6-2-7-13-17)18-14-8-3-9-15-18;1-5(7)8-6(2,3)4/h1-15H;7H,1H2,2-4H3. The van der Waals surface area contributed by atoms with Crippen molar-refractivity contribution in [2.45, 2.75) is 26.4 Å². The highest BCUT2D eigenvalue weighted by molar-refractivity contribution is 7.79. The summed E-state index contributed by atoms with van der Waals surface area (Å²) in [6, 6.07) is 32.5. The van der Waals surface area contributed by atoms with Crippen LogP contribution < -0.4 is 21.0 Å². The molecule has 0 saturated heterocycles. The van der Waals surface area contributed by atoms with Crippen molar-refractivity contribution in [3.63, 3.8) is 0 Å². The molecule has 0 spiro atoms. The van der Waals surface area contributed by atoms with Crippen molar-refractivity contribution < 1.29 is 9.84 Å². The summed E-state index contributed by atoms with van der Waals surface area (Å²) < 4.78 is 4.69. The van der Waals surface area contributed by atoms with Crippen molar-refractivity contribution in [3.05, 3.63) is 104 Å².